The monoisotopic (exact) mass is 396 g/mol. The molecule has 0 radical (unpaired) electrons. The van der Waals surface area contributed by atoms with E-state index in [1.54, 1.807) is 0 Å². The quantitative estimate of drug-likeness (QED) is 0.807. The predicted molar refractivity (Wildman–Crippen MR) is 91.7 cm³/mol. The third kappa shape index (κ3) is 3.90. The van der Waals surface area contributed by atoms with Crippen molar-refractivity contribution >= 4 is 33.3 Å². The van der Waals surface area contributed by atoms with Crippen LogP contribution >= 0.6 is 0 Å². The first-order valence-corrected chi connectivity index (χ1v) is 9.27. The lowest BCUT2D eigenvalue weighted by Crippen LogP contribution is -2.25. The van der Waals surface area contributed by atoms with Crippen molar-refractivity contribution in [3.63, 3.8) is 0 Å². The molecule has 0 spiro atoms. The van der Waals surface area contributed by atoms with Crippen LogP contribution in [-0.2, 0) is 19.6 Å². The van der Waals surface area contributed by atoms with Gasteiger partial charge in [-0.3, -0.25) is 14.3 Å². The Bertz CT molecular complexity index is 1010. The van der Waals surface area contributed by atoms with E-state index >= 15 is 0 Å². The minimum absolute atomic E-state index is 0.00731. The normalized spacial score (nSPS) is 17.2. The first kappa shape index (κ1) is 18.8. The first-order valence-electron chi connectivity index (χ1n) is 7.78. The molecule has 0 bridgehead atoms. The SMILES string of the molecule is O=C(O)[C@H]1CC(=O)N(c2ccc(S(=O)(=O)Nc3ccc(F)c(F)c3)cc2)C1. The molecule has 0 aliphatic carbocycles. The Morgan fingerprint density at radius 1 is 1.11 bits per heavy atom. The number of anilines is 2. The maximum atomic E-state index is 13.2. The third-order valence-corrected chi connectivity index (χ3v) is 5.50. The summed E-state index contributed by atoms with van der Waals surface area (Å²) in [6, 6.07) is 7.82. The highest BCUT2D eigenvalue weighted by molar-refractivity contribution is 7.92. The van der Waals surface area contributed by atoms with Gasteiger partial charge >= 0.3 is 5.97 Å². The molecule has 1 atom stereocenters. The van der Waals surface area contributed by atoms with Crippen molar-refractivity contribution in [1.82, 2.24) is 0 Å². The first-order chi connectivity index (χ1) is 12.7. The van der Waals surface area contributed by atoms with Gasteiger partial charge in [0.2, 0.25) is 5.91 Å². The second-order valence-electron chi connectivity index (χ2n) is 5.97. The van der Waals surface area contributed by atoms with Crippen LogP contribution in [0.3, 0.4) is 0 Å². The largest absolute Gasteiger partial charge is 0.481 e. The molecule has 1 saturated heterocycles. The fourth-order valence-corrected chi connectivity index (χ4v) is 3.75. The average Bonchev–Trinajstić information content (AvgIpc) is 3.00. The van der Waals surface area contributed by atoms with Gasteiger partial charge in [-0.05, 0) is 36.4 Å². The van der Waals surface area contributed by atoms with Crippen molar-refractivity contribution in [2.24, 2.45) is 5.92 Å². The summed E-state index contributed by atoms with van der Waals surface area (Å²) in [6.45, 7) is 0.00731. The van der Waals surface area contributed by atoms with Crippen molar-refractivity contribution in [1.29, 1.82) is 0 Å². The lowest BCUT2D eigenvalue weighted by Gasteiger charge is -2.16. The summed E-state index contributed by atoms with van der Waals surface area (Å²) in [5.41, 5.74) is 0.229. The molecule has 2 aromatic rings. The number of carbonyl (C=O) groups is 2. The molecular weight excluding hydrogens is 382 g/mol. The molecule has 27 heavy (non-hydrogen) atoms. The van der Waals surface area contributed by atoms with Gasteiger partial charge in [0.05, 0.1) is 16.5 Å². The lowest BCUT2D eigenvalue weighted by atomic mass is 10.1. The van der Waals surface area contributed by atoms with Crippen LogP contribution < -0.4 is 9.62 Å². The minimum atomic E-state index is -4.06. The molecular formula is C17H14F2N2O5S. The van der Waals surface area contributed by atoms with Crippen LogP contribution in [0.4, 0.5) is 20.2 Å². The van der Waals surface area contributed by atoms with Gasteiger partial charge in [-0.2, -0.15) is 0 Å². The molecule has 0 aromatic heterocycles. The van der Waals surface area contributed by atoms with E-state index < -0.39 is 33.5 Å². The van der Waals surface area contributed by atoms with Crippen LogP contribution in [0.2, 0.25) is 0 Å². The van der Waals surface area contributed by atoms with Gasteiger partial charge in [0, 0.05) is 24.7 Å². The molecule has 2 N–H and O–H groups in total. The average molecular weight is 396 g/mol. The van der Waals surface area contributed by atoms with E-state index in [1.165, 1.54) is 29.2 Å². The maximum Gasteiger partial charge on any atom is 0.308 e. The number of hydrogen-bond donors (Lipinski definition) is 2. The maximum absolute atomic E-state index is 13.2. The number of nitrogens with zero attached hydrogens (tertiary/aromatic N) is 1. The van der Waals surface area contributed by atoms with Crippen LogP contribution in [0.25, 0.3) is 0 Å². The Balaban J connectivity index is 1.79. The smallest absolute Gasteiger partial charge is 0.308 e. The molecule has 1 aliphatic rings. The third-order valence-electron chi connectivity index (χ3n) is 4.10. The van der Waals surface area contributed by atoms with Crippen molar-refractivity contribution < 1.29 is 31.9 Å². The van der Waals surface area contributed by atoms with Gasteiger partial charge in [-0.25, -0.2) is 17.2 Å². The van der Waals surface area contributed by atoms with E-state index in [0.717, 1.165) is 18.2 Å². The van der Waals surface area contributed by atoms with Gasteiger partial charge < -0.3 is 10.0 Å². The summed E-state index contributed by atoms with van der Waals surface area (Å²) in [6.07, 6.45) is -0.118. The predicted octanol–water partition coefficient (Wildman–Crippen LogP) is 2.20. The Labute approximate surface area is 153 Å². The fraction of sp³-hybridized carbons (Fsp3) is 0.176. The van der Waals surface area contributed by atoms with E-state index in [1.807, 2.05) is 0 Å². The second-order valence-corrected chi connectivity index (χ2v) is 7.65. The van der Waals surface area contributed by atoms with E-state index in [9.17, 15) is 26.8 Å². The van der Waals surface area contributed by atoms with Gasteiger partial charge in [-0.1, -0.05) is 0 Å². The number of hydrogen-bond acceptors (Lipinski definition) is 4. The molecule has 1 fully saturated rings. The van der Waals surface area contributed by atoms with Crippen LogP contribution in [0.1, 0.15) is 6.42 Å². The number of carboxylic acid groups (broad SMARTS) is 1. The molecule has 0 saturated carbocycles. The molecule has 7 nitrogen and oxygen atoms in total. The highest BCUT2D eigenvalue weighted by Gasteiger charge is 2.35. The van der Waals surface area contributed by atoms with Gasteiger partial charge in [-0.15, -0.1) is 0 Å². The zero-order valence-corrected chi connectivity index (χ0v) is 14.5. The minimum Gasteiger partial charge on any atom is -0.481 e. The molecule has 1 heterocycles. The van der Waals surface area contributed by atoms with Crippen LogP contribution in [0, 0.1) is 17.6 Å². The molecule has 1 amide bonds. The number of halogens is 2. The molecule has 10 heteroatoms. The van der Waals surface area contributed by atoms with Crippen LogP contribution in [0.15, 0.2) is 47.4 Å². The number of sulfonamides is 1. The fourth-order valence-electron chi connectivity index (χ4n) is 2.70. The van der Waals surface area contributed by atoms with Crippen molar-refractivity contribution in [2.45, 2.75) is 11.3 Å². The summed E-state index contributed by atoms with van der Waals surface area (Å²) < 4.78 is 53.0. The summed E-state index contributed by atoms with van der Waals surface area (Å²) in [4.78, 5) is 24.1. The molecule has 3 rings (SSSR count). The van der Waals surface area contributed by atoms with Crippen molar-refractivity contribution in [3.8, 4) is 0 Å². The van der Waals surface area contributed by atoms with Crippen LogP contribution in [0.5, 0.6) is 0 Å². The lowest BCUT2D eigenvalue weighted by molar-refractivity contribution is -0.141. The standard InChI is InChI=1S/C17H14F2N2O5S/c18-14-6-1-11(8-15(14)19)20-27(25,26)13-4-2-12(3-5-13)21-9-10(17(23)24)7-16(21)22/h1-6,8,10,20H,7,9H2,(H,23,24)/t10-/m0/s1. The van der Waals surface area contributed by atoms with E-state index in [4.69, 9.17) is 5.11 Å². The number of amides is 1. The van der Waals surface area contributed by atoms with Crippen LogP contribution in [-0.4, -0.2) is 31.9 Å². The van der Waals surface area contributed by atoms with Gasteiger partial charge in [0.1, 0.15) is 0 Å². The summed E-state index contributed by atoms with van der Waals surface area (Å²) in [7, 11) is -4.06. The highest BCUT2D eigenvalue weighted by atomic mass is 32.2. The van der Waals surface area contributed by atoms with Crippen molar-refractivity contribution in [3.05, 3.63) is 54.1 Å². The highest BCUT2D eigenvalue weighted by Crippen LogP contribution is 2.27. The number of aliphatic carboxylic acids is 1. The number of carbonyl (C=O) groups excluding carboxylic acids is 1. The number of carboxylic acids is 1. The Hall–Kier alpha value is -3.01. The zero-order valence-electron chi connectivity index (χ0n) is 13.7. The van der Waals surface area contributed by atoms with Gasteiger partial charge in [0.15, 0.2) is 11.6 Å². The molecule has 142 valence electrons. The topological polar surface area (TPSA) is 104 Å². The summed E-state index contributed by atoms with van der Waals surface area (Å²) in [5, 5.41) is 9.01. The number of rotatable bonds is 5. The van der Waals surface area contributed by atoms with Crippen molar-refractivity contribution in [2.75, 3.05) is 16.2 Å². The summed E-state index contributed by atoms with van der Waals surface area (Å²) >= 11 is 0. The molecule has 2 aromatic carbocycles. The zero-order chi connectivity index (χ0) is 19.8. The molecule has 0 unspecified atom stereocenters. The Kier molecular flexibility index (Phi) is 4.83. The Morgan fingerprint density at radius 2 is 1.78 bits per heavy atom. The van der Waals surface area contributed by atoms with E-state index in [0.29, 0.717) is 5.69 Å². The van der Waals surface area contributed by atoms with E-state index in [2.05, 4.69) is 4.72 Å². The van der Waals surface area contributed by atoms with E-state index in [-0.39, 0.29) is 29.5 Å². The molecule has 1 aliphatic heterocycles. The number of benzene rings is 2. The Morgan fingerprint density at radius 3 is 2.33 bits per heavy atom. The second kappa shape index (κ2) is 6.95. The van der Waals surface area contributed by atoms with Gasteiger partial charge in [0.25, 0.3) is 10.0 Å². The summed E-state index contributed by atoms with van der Waals surface area (Å²) in [5.74, 6) is -4.53. The number of nitrogens with one attached hydrogen (secondary N) is 1.